The lowest BCUT2D eigenvalue weighted by molar-refractivity contribution is -0.122. The highest BCUT2D eigenvalue weighted by Gasteiger charge is 2.18. The largest absolute Gasteiger partial charge is 0.389 e. The van der Waals surface area contributed by atoms with E-state index in [1.165, 1.54) is 0 Å². The maximum atomic E-state index is 10.7. The number of hydrogen-bond acceptors (Lipinski definition) is 3. The van der Waals surface area contributed by atoms with E-state index in [4.69, 9.17) is 5.73 Å². The number of rotatable bonds is 5. The van der Waals surface area contributed by atoms with Crippen LogP contribution in [-0.4, -0.2) is 41.7 Å². The van der Waals surface area contributed by atoms with Crippen molar-refractivity contribution in [2.45, 2.75) is 26.4 Å². The summed E-state index contributed by atoms with van der Waals surface area (Å²) in [5, 5.41) is 9.48. The molecule has 0 aromatic carbocycles. The molecule has 0 heterocycles. The zero-order valence-electron chi connectivity index (χ0n) is 8.87. The fraction of sp³-hybridized carbons (Fsp3) is 0.889. The van der Waals surface area contributed by atoms with Gasteiger partial charge in [0.1, 0.15) is 0 Å². The average Bonchev–Trinajstić information content (AvgIpc) is 1.81. The molecule has 0 spiro atoms. The number of likely N-dealkylation sites (N-methyl/N-ethyl adjacent to an activating group) is 1. The van der Waals surface area contributed by atoms with Crippen LogP contribution in [0.25, 0.3) is 0 Å². The van der Waals surface area contributed by atoms with Gasteiger partial charge in [-0.2, -0.15) is 0 Å². The third-order valence-corrected chi connectivity index (χ3v) is 1.73. The summed E-state index contributed by atoms with van der Waals surface area (Å²) >= 11 is 0. The molecule has 0 saturated heterocycles. The minimum Gasteiger partial charge on any atom is -0.389 e. The van der Waals surface area contributed by atoms with Crippen molar-refractivity contribution in [2.24, 2.45) is 11.7 Å². The molecule has 1 amide bonds. The number of aliphatic hydroxyl groups is 1. The van der Waals surface area contributed by atoms with E-state index >= 15 is 0 Å². The smallest absolute Gasteiger partial charge is 0.221 e. The first-order valence-electron chi connectivity index (χ1n) is 4.42. The third kappa shape index (κ3) is 6.54. The zero-order valence-corrected chi connectivity index (χ0v) is 8.87. The van der Waals surface area contributed by atoms with Crippen LogP contribution in [0.4, 0.5) is 0 Å². The van der Waals surface area contributed by atoms with E-state index in [-0.39, 0.29) is 11.8 Å². The van der Waals surface area contributed by atoms with Crippen LogP contribution >= 0.6 is 0 Å². The van der Waals surface area contributed by atoms with Crippen molar-refractivity contribution in [3.63, 3.8) is 0 Å². The Balaban J connectivity index is 3.88. The number of hydrogen-bond donors (Lipinski definition) is 2. The van der Waals surface area contributed by atoms with Crippen molar-refractivity contribution in [1.29, 1.82) is 0 Å². The second-order valence-electron chi connectivity index (χ2n) is 4.31. The minimum atomic E-state index is -0.730. The van der Waals surface area contributed by atoms with Gasteiger partial charge in [-0.3, -0.25) is 4.79 Å². The molecule has 0 fully saturated rings. The van der Waals surface area contributed by atoms with Crippen molar-refractivity contribution in [3.05, 3.63) is 0 Å². The summed E-state index contributed by atoms with van der Waals surface area (Å²) in [6.45, 7) is 6.37. The lowest BCUT2D eigenvalue weighted by atomic mass is 10.1. The highest BCUT2D eigenvalue weighted by molar-refractivity contribution is 5.76. The SMILES string of the molecule is CC(CN(C)CC(C)(C)O)C(N)=O. The fourth-order valence-electron chi connectivity index (χ4n) is 1.28. The number of carbonyl (C=O) groups excluding carboxylic acids is 1. The van der Waals surface area contributed by atoms with Crippen LogP contribution in [0.15, 0.2) is 0 Å². The van der Waals surface area contributed by atoms with E-state index in [2.05, 4.69) is 0 Å². The lowest BCUT2D eigenvalue weighted by Gasteiger charge is -2.26. The molecule has 0 aliphatic carbocycles. The number of primary amides is 1. The highest BCUT2D eigenvalue weighted by Crippen LogP contribution is 2.05. The van der Waals surface area contributed by atoms with Gasteiger partial charge in [-0.1, -0.05) is 6.92 Å². The summed E-state index contributed by atoms with van der Waals surface area (Å²) in [6.07, 6.45) is 0. The Labute approximate surface area is 79.7 Å². The molecular formula is C9H20N2O2. The van der Waals surface area contributed by atoms with Gasteiger partial charge >= 0.3 is 0 Å². The molecular weight excluding hydrogens is 168 g/mol. The molecule has 4 nitrogen and oxygen atoms in total. The van der Waals surface area contributed by atoms with Crippen LogP contribution in [0.5, 0.6) is 0 Å². The molecule has 0 aromatic heterocycles. The summed E-state index contributed by atoms with van der Waals surface area (Å²) in [4.78, 5) is 12.6. The average molecular weight is 188 g/mol. The lowest BCUT2D eigenvalue weighted by Crippen LogP contribution is -2.40. The van der Waals surface area contributed by atoms with Gasteiger partial charge in [-0.25, -0.2) is 0 Å². The van der Waals surface area contributed by atoms with Gasteiger partial charge in [0.05, 0.1) is 5.60 Å². The predicted octanol–water partition coefficient (Wildman–Crippen LogP) is -0.189. The second-order valence-corrected chi connectivity index (χ2v) is 4.31. The molecule has 3 N–H and O–H groups in total. The molecule has 4 heteroatoms. The van der Waals surface area contributed by atoms with E-state index in [1.807, 2.05) is 11.9 Å². The molecule has 0 saturated carbocycles. The number of amides is 1. The Hall–Kier alpha value is -0.610. The topological polar surface area (TPSA) is 66.6 Å². The summed E-state index contributed by atoms with van der Waals surface area (Å²) in [7, 11) is 1.86. The molecule has 1 unspecified atom stereocenters. The minimum absolute atomic E-state index is 0.174. The monoisotopic (exact) mass is 188 g/mol. The van der Waals surface area contributed by atoms with Gasteiger partial charge in [0.2, 0.25) is 5.91 Å². The maximum Gasteiger partial charge on any atom is 0.221 e. The highest BCUT2D eigenvalue weighted by atomic mass is 16.3. The molecule has 13 heavy (non-hydrogen) atoms. The van der Waals surface area contributed by atoms with Crippen molar-refractivity contribution in [3.8, 4) is 0 Å². The van der Waals surface area contributed by atoms with Crippen molar-refractivity contribution in [1.82, 2.24) is 4.90 Å². The van der Waals surface area contributed by atoms with Crippen LogP contribution in [-0.2, 0) is 4.79 Å². The summed E-state index contributed by atoms with van der Waals surface area (Å²) in [5.41, 5.74) is 4.39. The molecule has 0 bridgehead atoms. The Morgan fingerprint density at radius 3 is 2.38 bits per heavy atom. The van der Waals surface area contributed by atoms with Gasteiger partial charge < -0.3 is 15.7 Å². The standard InChI is InChI=1S/C9H20N2O2/c1-7(8(10)12)5-11(4)6-9(2,3)13/h7,13H,5-6H2,1-4H3,(H2,10,12). The van der Waals surface area contributed by atoms with Gasteiger partial charge in [0.15, 0.2) is 0 Å². The molecule has 0 aromatic rings. The van der Waals surface area contributed by atoms with Crippen molar-refractivity contribution < 1.29 is 9.90 Å². The normalized spacial score (nSPS) is 14.6. The van der Waals surface area contributed by atoms with Crippen LogP contribution in [0.1, 0.15) is 20.8 Å². The van der Waals surface area contributed by atoms with Crippen molar-refractivity contribution in [2.75, 3.05) is 20.1 Å². The van der Waals surface area contributed by atoms with Crippen molar-refractivity contribution >= 4 is 5.91 Å². The Morgan fingerprint density at radius 2 is 2.08 bits per heavy atom. The number of nitrogens with two attached hydrogens (primary N) is 1. The van der Waals surface area contributed by atoms with Crippen LogP contribution in [0.2, 0.25) is 0 Å². The quantitative estimate of drug-likeness (QED) is 0.628. The zero-order chi connectivity index (χ0) is 10.6. The van der Waals surface area contributed by atoms with E-state index in [0.717, 1.165) is 0 Å². The van der Waals surface area contributed by atoms with Crippen LogP contribution < -0.4 is 5.73 Å². The van der Waals surface area contributed by atoms with Gasteiger partial charge in [0, 0.05) is 19.0 Å². The first-order chi connectivity index (χ1) is 5.72. The maximum absolute atomic E-state index is 10.7. The molecule has 0 aliphatic rings. The molecule has 0 rings (SSSR count). The summed E-state index contributed by atoms with van der Waals surface area (Å²) < 4.78 is 0. The molecule has 0 aliphatic heterocycles. The van der Waals surface area contributed by atoms with E-state index in [0.29, 0.717) is 13.1 Å². The third-order valence-electron chi connectivity index (χ3n) is 1.73. The fourth-order valence-corrected chi connectivity index (χ4v) is 1.28. The van der Waals surface area contributed by atoms with E-state index < -0.39 is 5.60 Å². The first-order valence-corrected chi connectivity index (χ1v) is 4.42. The number of carbonyl (C=O) groups is 1. The van der Waals surface area contributed by atoms with E-state index in [1.54, 1.807) is 20.8 Å². The van der Waals surface area contributed by atoms with Crippen LogP contribution in [0.3, 0.4) is 0 Å². The molecule has 0 radical (unpaired) electrons. The van der Waals surface area contributed by atoms with Gasteiger partial charge in [-0.05, 0) is 20.9 Å². The Morgan fingerprint density at radius 1 is 1.62 bits per heavy atom. The van der Waals surface area contributed by atoms with Gasteiger partial charge in [0.25, 0.3) is 0 Å². The van der Waals surface area contributed by atoms with Gasteiger partial charge in [-0.15, -0.1) is 0 Å². The Kier molecular flexibility index (Phi) is 4.36. The molecule has 1 atom stereocenters. The van der Waals surface area contributed by atoms with E-state index in [9.17, 15) is 9.90 Å². The molecule has 78 valence electrons. The summed E-state index contributed by atoms with van der Waals surface area (Å²) in [6, 6.07) is 0. The second kappa shape index (κ2) is 4.58. The predicted molar refractivity (Wildman–Crippen MR) is 52.2 cm³/mol. The summed E-state index contributed by atoms with van der Waals surface area (Å²) in [5.74, 6) is -0.477. The van der Waals surface area contributed by atoms with Crippen LogP contribution in [0, 0.1) is 5.92 Å². The Bertz CT molecular complexity index is 175. The number of nitrogens with zero attached hydrogens (tertiary/aromatic N) is 1. The first kappa shape index (κ1) is 12.4.